The fourth-order valence-corrected chi connectivity index (χ4v) is 4.24. The highest BCUT2D eigenvalue weighted by molar-refractivity contribution is 6.30. The number of aliphatic hydroxyl groups excluding tert-OH is 1. The third-order valence-corrected chi connectivity index (χ3v) is 5.86. The first-order chi connectivity index (χ1) is 15.0. The zero-order valence-electron chi connectivity index (χ0n) is 16.4. The predicted octanol–water partition coefficient (Wildman–Crippen LogP) is 4.73. The zero-order valence-corrected chi connectivity index (χ0v) is 17.1. The quantitative estimate of drug-likeness (QED) is 0.507. The number of hydrogen-bond donors (Lipinski definition) is 1. The zero-order chi connectivity index (χ0) is 21.5. The molecule has 2 heterocycles. The summed E-state index contributed by atoms with van der Waals surface area (Å²) in [5.74, 6) is -0.406. The summed E-state index contributed by atoms with van der Waals surface area (Å²) in [4.78, 5) is 28.3. The van der Waals surface area contributed by atoms with Crippen LogP contribution in [-0.2, 0) is 0 Å². The minimum Gasteiger partial charge on any atom is -0.450 e. The Morgan fingerprint density at radius 3 is 2.35 bits per heavy atom. The van der Waals surface area contributed by atoms with Crippen molar-refractivity contribution in [3.63, 3.8) is 0 Å². The van der Waals surface area contributed by atoms with Crippen LogP contribution in [0, 0.1) is 0 Å². The lowest BCUT2D eigenvalue weighted by molar-refractivity contribution is 0.0583. The molecule has 1 N–H and O–H groups in total. The topological polar surface area (TPSA) is 70.8 Å². The Hall–Kier alpha value is -3.41. The summed E-state index contributed by atoms with van der Waals surface area (Å²) in [7, 11) is 0. The molecule has 5 nitrogen and oxygen atoms in total. The second-order valence-electron chi connectivity index (χ2n) is 7.51. The van der Waals surface area contributed by atoms with Crippen molar-refractivity contribution in [1.82, 2.24) is 4.90 Å². The third-order valence-electron chi connectivity index (χ3n) is 5.61. The Balaban J connectivity index is 1.67. The largest absolute Gasteiger partial charge is 0.450 e. The van der Waals surface area contributed by atoms with Crippen molar-refractivity contribution in [2.45, 2.75) is 12.1 Å². The molecule has 0 saturated heterocycles. The van der Waals surface area contributed by atoms with Crippen LogP contribution in [0.1, 0.15) is 39.4 Å². The molecule has 154 valence electrons. The number of amides is 1. The molecule has 0 fully saturated rings. The number of benzene rings is 3. The highest BCUT2D eigenvalue weighted by Gasteiger charge is 2.43. The van der Waals surface area contributed by atoms with Gasteiger partial charge in [0.15, 0.2) is 5.43 Å². The van der Waals surface area contributed by atoms with Gasteiger partial charge < -0.3 is 14.4 Å². The summed E-state index contributed by atoms with van der Waals surface area (Å²) in [5.41, 5.74) is 1.80. The normalized spacial score (nSPS) is 16.5. The van der Waals surface area contributed by atoms with E-state index in [-0.39, 0.29) is 23.3 Å². The number of para-hydroxylation sites is 1. The first kappa shape index (κ1) is 19.5. The van der Waals surface area contributed by atoms with Gasteiger partial charge in [-0.1, -0.05) is 66.2 Å². The molecule has 31 heavy (non-hydrogen) atoms. The number of aliphatic hydroxyl groups is 1. The SMILES string of the molecule is O=C1c2oc3ccccc3c(=O)c2C(c2ccc(Cl)cc2)N1CC(O)c1ccccc1. The monoisotopic (exact) mass is 431 g/mol. The van der Waals surface area contributed by atoms with E-state index in [2.05, 4.69) is 0 Å². The summed E-state index contributed by atoms with van der Waals surface area (Å²) in [6, 6.07) is 22.3. The number of nitrogens with zero attached hydrogens (tertiary/aromatic N) is 1. The molecule has 6 heteroatoms. The van der Waals surface area contributed by atoms with Crippen LogP contribution >= 0.6 is 11.6 Å². The standard InChI is InChI=1S/C25H18ClNO4/c26-17-12-10-16(11-13-17)22-21-23(29)18-8-4-5-9-20(18)31-24(21)25(30)27(22)14-19(28)15-6-2-1-3-7-15/h1-13,19,22,28H,14H2. The molecule has 2 unspecified atom stereocenters. The average molecular weight is 432 g/mol. The van der Waals surface area contributed by atoms with Crippen molar-refractivity contribution in [3.8, 4) is 0 Å². The highest BCUT2D eigenvalue weighted by Crippen LogP contribution is 2.39. The van der Waals surface area contributed by atoms with Gasteiger partial charge in [-0.3, -0.25) is 9.59 Å². The molecule has 3 aromatic carbocycles. The fraction of sp³-hybridized carbons (Fsp3) is 0.120. The Kier molecular flexibility index (Phi) is 4.85. The van der Waals surface area contributed by atoms with Gasteiger partial charge in [0.25, 0.3) is 5.91 Å². The maximum atomic E-state index is 13.4. The van der Waals surface area contributed by atoms with E-state index in [1.807, 2.05) is 18.2 Å². The number of fused-ring (bicyclic) bond motifs is 2. The summed E-state index contributed by atoms with van der Waals surface area (Å²) in [5, 5.41) is 11.8. The van der Waals surface area contributed by atoms with Gasteiger partial charge in [-0.05, 0) is 35.4 Å². The smallest absolute Gasteiger partial charge is 0.291 e. The minimum absolute atomic E-state index is 0.0100. The highest BCUT2D eigenvalue weighted by atomic mass is 35.5. The predicted molar refractivity (Wildman–Crippen MR) is 118 cm³/mol. The number of hydrogen-bond acceptors (Lipinski definition) is 4. The molecule has 0 saturated carbocycles. The lowest BCUT2D eigenvalue weighted by atomic mass is 9.98. The Bertz CT molecular complexity index is 1330. The van der Waals surface area contributed by atoms with Crippen LogP contribution in [0.5, 0.6) is 0 Å². The van der Waals surface area contributed by atoms with Gasteiger partial charge in [-0.15, -0.1) is 0 Å². The molecule has 2 atom stereocenters. The molecule has 1 amide bonds. The lowest BCUT2D eigenvalue weighted by Crippen LogP contribution is -2.33. The first-order valence-electron chi connectivity index (χ1n) is 9.90. The van der Waals surface area contributed by atoms with Gasteiger partial charge in [0, 0.05) is 5.02 Å². The molecule has 0 aliphatic carbocycles. The summed E-state index contributed by atoms with van der Waals surface area (Å²) < 4.78 is 5.89. The van der Waals surface area contributed by atoms with Crippen molar-refractivity contribution in [2.75, 3.05) is 6.54 Å². The van der Waals surface area contributed by atoms with Gasteiger partial charge in [-0.25, -0.2) is 0 Å². The summed E-state index contributed by atoms with van der Waals surface area (Å²) >= 11 is 6.06. The molecule has 1 aliphatic rings. The number of halogens is 1. The molecule has 4 aromatic rings. The number of carbonyl (C=O) groups is 1. The van der Waals surface area contributed by atoms with Crippen molar-refractivity contribution >= 4 is 28.5 Å². The van der Waals surface area contributed by atoms with E-state index < -0.39 is 18.1 Å². The van der Waals surface area contributed by atoms with Gasteiger partial charge >= 0.3 is 0 Å². The molecule has 5 rings (SSSR count). The molecule has 0 bridgehead atoms. The molecule has 1 aliphatic heterocycles. The van der Waals surface area contributed by atoms with E-state index in [1.165, 1.54) is 4.90 Å². The van der Waals surface area contributed by atoms with Gasteiger partial charge in [0.1, 0.15) is 5.58 Å². The van der Waals surface area contributed by atoms with E-state index in [9.17, 15) is 14.7 Å². The number of carbonyl (C=O) groups excluding carboxylic acids is 1. The van der Waals surface area contributed by atoms with Crippen LogP contribution in [0.4, 0.5) is 0 Å². The van der Waals surface area contributed by atoms with Crippen LogP contribution in [-0.4, -0.2) is 22.5 Å². The summed E-state index contributed by atoms with van der Waals surface area (Å²) in [6.07, 6.45) is -0.918. The van der Waals surface area contributed by atoms with E-state index in [0.717, 1.165) is 5.56 Å². The first-order valence-corrected chi connectivity index (χ1v) is 10.3. The van der Waals surface area contributed by atoms with Crippen LogP contribution in [0.25, 0.3) is 11.0 Å². The van der Waals surface area contributed by atoms with Crippen molar-refractivity contribution in [1.29, 1.82) is 0 Å². The van der Waals surface area contributed by atoms with Crippen LogP contribution < -0.4 is 5.43 Å². The van der Waals surface area contributed by atoms with Crippen LogP contribution in [0.3, 0.4) is 0 Å². The molecule has 0 radical (unpaired) electrons. The van der Waals surface area contributed by atoms with Crippen molar-refractivity contribution < 1.29 is 14.3 Å². The van der Waals surface area contributed by atoms with Gasteiger partial charge in [0.05, 0.1) is 29.6 Å². The van der Waals surface area contributed by atoms with Crippen LogP contribution in [0.2, 0.25) is 5.02 Å². The number of β-amino-alcohol motifs (C(OH)–C–C–N with tert-alkyl or cyclic N) is 1. The average Bonchev–Trinajstić information content (AvgIpc) is 3.07. The molecule has 0 spiro atoms. The van der Waals surface area contributed by atoms with Gasteiger partial charge in [-0.2, -0.15) is 0 Å². The molecular weight excluding hydrogens is 414 g/mol. The van der Waals surface area contributed by atoms with Crippen molar-refractivity contribution in [2.24, 2.45) is 0 Å². The maximum Gasteiger partial charge on any atom is 0.291 e. The Morgan fingerprint density at radius 1 is 0.935 bits per heavy atom. The van der Waals surface area contributed by atoms with Crippen LogP contribution in [0.15, 0.2) is 88.1 Å². The fourth-order valence-electron chi connectivity index (χ4n) is 4.11. The maximum absolute atomic E-state index is 13.4. The second-order valence-corrected chi connectivity index (χ2v) is 7.94. The van der Waals surface area contributed by atoms with E-state index in [1.54, 1.807) is 60.7 Å². The Labute approximate surface area is 183 Å². The minimum atomic E-state index is -0.918. The number of rotatable bonds is 4. The Morgan fingerprint density at radius 2 is 1.61 bits per heavy atom. The lowest BCUT2D eigenvalue weighted by Gasteiger charge is -2.27. The third kappa shape index (κ3) is 3.32. The molecular formula is C25H18ClNO4. The van der Waals surface area contributed by atoms with E-state index in [4.69, 9.17) is 16.0 Å². The van der Waals surface area contributed by atoms with E-state index in [0.29, 0.717) is 21.6 Å². The summed E-state index contributed by atoms with van der Waals surface area (Å²) in [6.45, 7) is 0.0100. The van der Waals surface area contributed by atoms with Gasteiger partial charge in [0.2, 0.25) is 5.76 Å². The van der Waals surface area contributed by atoms with Crippen molar-refractivity contribution in [3.05, 3.63) is 117 Å². The molecule has 1 aromatic heterocycles. The second kappa shape index (κ2) is 7.69. The van der Waals surface area contributed by atoms with E-state index >= 15 is 0 Å².